The van der Waals surface area contributed by atoms with Crippen LogP contribution >= 0.6 is 0 Å². The van der Waals surface area contributed by atoms with Crippen LogP contribution in [0.15, 0.2) is 18.3 Å². The molecule has 2 saturated heterocycles. The number of aromatic nitrogens is 1. The van der Waals surface area contributed by atoms with Crippen molar-refractivity contribution in [2.45, 2.75) is 39.5 Å². The number of piperidine rings is 2. The fourth-order valence-electron chi connectivity index (χ4n) is 3.34. The van der Waals surface area contributed by atoms with Crippen LogP contribution in [0.25, 0.3) is 0 Å². The van der Waals surface area contributed by atoms with Crippen LogP contribution in [0.3, 0.4) is 0 Å². The third-order valence-electron chi connectivity index (χ3n) is 5.19. The summed E-state index contributed by atoms with van der Waals surface area (Å²) >= 11 is 0. The van der Waals surface area contributed by atoms with Crippen LogP contribution in [0.5, 0.6) is 0 Å². The van der Waals surface area contributed by atoms with E-state index in [1.54, 1.807) is 0 Å². The monoisotopic (exact) mass is 301 g/mol. The molecule has 0 aromatic carbocycles. The lowest BCUT2D eigenvalue weighted by Crippen LogP contribution is -2.38. The number of nitrogens with zero attached hydrogens (tertiary/aromatic N) is 3. The predicted octanol–water partition coefficient (Wildman–Crippen LogP) is 3.19. The summed E-state index contributed by atoms with van der Waals surface area (Å²) in [7, 11) is 0. The summed E-state index contributed by atoms with van der Waals surface area (Å²) in [5, 5.41) is 0. The molecule has 0 bridgehead atoms. The molecule has 4 nitrogen and oxygen atoms in total. The van der Waals surface area contributed by atoms with E-state index in [0.717, 1.165) is 56.5 Å². The Morgan fingerprint density at radius 2 is 1.59 bits per heavy atom. The second-order valence-electron chi connectivity index (χ2n) is 7.05. The first-order chi connectivity index (χ1) is 10.6. The van der Waals surface area contributed by atoms with Crippen LogP contribution in [-0.4, -0.2) is 42.0 Å². The van der Waals surface area contributed by atoms with Crippen molar-refractivity contribution in [3.63, 3.8) is 0 Å². The van der Waals surface area contributed by atoms with Gasteiger partial charge in [-0.05, 0) is 49.7 Å². The van der Waals surface area contributed by atoms with Gasteiger partial charge in [0.05, 0.1) is 11.9 Å². The summed E-state index contributed by atoms with van der Waals surface area (Å²) in [4.78, 5) is 21.2. The Morgan fingerprint density at radius 1 is 1.00 bits per heavy atom. The largest absolute Gasteiger partial charge is 0.370 e. The molecule has 22 heavy (non-hydrogen) atoms. The Labute approximate surface area is 133 Å². The van der Waals surface area contributed by atoms with Gasteiger partial charge in [0.25, 0.3) is 5.91 Å². The van der Waals surface area contributed by atoms with Gasteiger partial charge >= 0.3 is 0 Å². The predicted molar refractivity (Wildman–Crippen MR) is 89.1 cm³/mol. The Hall–Kier alpha value is -1.58. The molecule has 3 heterocycles. The van der Waals surface area contributed by atoms with Gasteiger partial charge in [0, 0.05) is 26.2 Å². The van der Waals surface area contributed by atoms with E-state index in [1.165, 1.54) is 12.8 Å². The van der Waals surface area contributed by atoms with E-state index in [-0.39, 0.29) is 5.91 Å². The van der Waals surface area contributed by atoms with E-state index in [2.05, 4.69) is 29.8 Å². The maximum atomic E-state index is 12.5. The molecule has 0 radical (unpaired) electrons. The normalized spacial score (nSPS) is 21.2. The van der Waals surface area contributed by atoms with E-state index >= 15 is 0 Å². The van der Waals surface area contributed by atoms with Gasteiger partial charge in [-0.3, -0.25) is 4.79 Å². The molecule has 0 spiro atoms. The molecule has 0 aliphatic carbocycles. The fourth-order valence-corrected chi connectivity index (χ4v) is 3.34. The lowest BCUT2D eigenvalue weighted by Gasteiger charge is -2.32. The Bertz CT molecular complexity index is 498. The Morgan fingerprint density at radius 3 is 2.14 bits per heavy atom. The van der Waals surface area contributed by atoms with Gasteiger partial charge in [0.1, 0.15) is 5.69 Å². The molecule has 4 heteroatoms. The second-order valence-corrected chi connectivity index (χ2v) is 7.05. The fraction of sp³-hybridized carbons (Fsp3) is 0.667. The molecule has 0 unspecified atom stereocenters. The van der Waals surface area contributed by atoms with Gasteiger partial charge < -0.3 is 9.80 Å². The minimum atomic E-state index is 0.0886. The first-order valence-corrected chi connectivity index (χ1v) is 8.64. The van der Waals surface area contributed by atoms with Crippen LogP contribution in [0.2, 0.25) is 0 Å². The molecule has 2 aliphatic heterocycles. The van der Waals surface area contributed by atoms with E-state index in [4.69, 9.17) is 0 Å². The molecular weight excluding hydrogens is 274 g/mol. The minimum Gasteiger partial charge on any atom is -0.370 e. The van der Waals surface area contributed by atoms with Crippen LogP contribution in [0, 0.1) is 11.8 Å². The lowest BCUT2D eigenvalue weighted by molar-refractivity contribution is 0.0691. The maximum Gasteiger partial charge on any atom is 0.272 e. The van der Waals surface area contributed by atoms with Crippen LogP contribution < -0.4 is 4.90 Å². The zero-order chi connectivity index (χ0) is 15.5. The van der Waals surface area contributed by atoms with Crippen molar-refractivity contribution in [2.75, 3.05) is 31.1 Å². The van der Waals surface area contributed by atoms with Gasteiger partial charge in [-0.15, -0.1) is 0 Å². The van der Waals surface area contributed by atoms with Gasteiger partial charge in [-0.25, -0.2) is 4.98 Å². The number of carbonyl (C=O) groups is 1. The van der Waals surface area contributed by atoms with Crippen LogP contribution in [-0.2, 0) is 0 Å². The number of rotatable bonds is 2. The van der Waals surface area contributed by atoms with E-state index in [1.807, 2.05) is 17.2 Å². The number of pyridine rings is 1. The van der Waals surface area contributed by atoms with E-state index in [0.29, 0.717) is 5.69 Å². The highest BCUT2D eigenvalue weighted by molar-refractivity contribution is 5.92. The average molecular weight is 301 g/mol. The highest BCUT2D eigenvalue weighted by Gasteiger charge is 2.22. The Balaban J connectivity index is 1.62. The average Bonchev–Trinajstić information content (AvgIpc) is 2.56. The molecule has 1 amide bonds. The van der Waals surface area contributed by atoms with Crippen molar-refractivity contribution in [3.05, 3.63) is 24.0 Å². The SMILES string of the molecule is CC1CCN(C(=O)c2ccc(N3CCC(C)CC3)cn2)CC1. The number of hydrogen-bond acceptors (Lipinski definition) is 3. The van der Waals surface area contributed by atoms with Crippen molar-refractivity contribution in [1.82, 2.24) is 9.88 Å². The third-order valence-corrected chi connectivity index (χ3v) is 5.19. The van der Waals surface area contributed by atoms with Crippen LogP contribution in [0.4, 0.5) is 5.69 Å². The number of likely N-dealkylation sites (tertiary alicyclic amines) is 1. The minimum absolute atomic E-state index is 0.0886. The maximum absolute atomic E-state index is 12.5. The highest BCUT2D eigenvalue weighted by Crippen LogP contribution is 2.23. The highest BCUT2D eigenvalue weighted by atomic mass is 16.2. The molecule has 0 atom stereocenters. The van der Waals surface area contributed by atoms with Crippen molar-refractivity contribution in [3.8, 4) is 0 Å². The van der Waals surface area contributed by atoms with Gasteiger partial charge in [-0.2, -0.15) is 0 Å². The summed E-state index contributed by atoms with van der Waals surface area (Å²) < 4.78 is 0. The zero-order valence-corrected chi connectivity index (χ0v) is 13.8. The number of amides is 1. The molecule has 1 aromatic rings. The van der Waals surface area contributed by atoms with Crippen molar-refractivity contribution >= 4 is 11.6 Å². The second kappa shape index (κ2) is 6.67. The summed E-state index contributed by atoms with van der Waals surface area (Å²) in [5.41, 5.74) is 1.74. The van der Waals surface area contributed by atoms with E-state index in [9.17, 15) is 4.79 Å². The summed E-state index contributed by atoms with van der Waals surface area (Å²) in [6, 6.07) is 3.95. The summed E-state index contributed by atoms with van der Waals surface area (Å²) in [5.74, 6) is 1.65. The lowest BCUT2D eigenvalue weighted by atomic mass is 9.99. The zero-order valence-electron chi connectivity index (χ0n) is 13.8. The number of anilines is 1. The van der Waals surface area contributed by atoms with Crippen molar-refractivity contribution in [1.29, 1.82) is 0 Å². The Kier molecular flexibility index (Phi) is 4.65. The first kappa shape index (κ1) is 15.3. The third kappa shape index (κ3) is 3.42. The molecule has 2 aliphatic rings. The molecule has 1 aromatic heterocycles. The molecule has 0 saturated carbocycles. The molecule has 3 rings (SSSR count). The van der Waals surface area contributed by atoms with Crippen LogP contribution in [0.1, 0.15) is 50.0 Å². The summed E-state index contributed by atoms with van der Waals surface area (Å²) in [6.07, 6.45) is 6.57. The summed E-state index contributed by atoms with van der Waals surface area (Å²) in [6.45, 7) is 8.51. The smallest absolute Gasteiger partial charge is 0.272 e. The van der Waals surface area contributed by atoms with Crippen molar-refractivity contribution in [2.24, 2.45) is 11.8 Å². The van der Waals surface area contributed by atoms with Gasteiger partial charge in [0.15, 0.2) is 0 Å². The van der Waals surface area contributed by atoms with E-state index < -0.39 is 0 Å². The standard InChI is InChI=1S/C18H27N3O/c1-14-5-9-20(10-6-14)16-3-4-17(19-13-16)18(22)21-11-7-15(2)8-12-21/h3-4,13-15H,5-12H2,1-2H3. The topological polar surface area (TPSA) is 36.4 Å². The first-order valence-electron chi connectivity index (χ1n) is 8.64. The molecule has 2 fully saturated rings. The quantitative estimate of drug-likeness (QED) is 0.841. The molecule has 120 valence electrons. The molecule has 0 N–H and O–H groups in total. The number of carbonyl (C=O) groups excluding carboxylic acids is 1. The molecular formula is C18H27N3O. The van der Waals surface area contributed by atoms with Crippen molar-refractivity contribution < 1.29 is 4.79 Å². The van der Waals surface area contributed by atoms with Gasteiger partial charge in [0.2, 0.25) is 0 Å². The number of hydrogen-bond donors (Lipinski definition) is 0. The van der Waals surface area contributed by atoms with Gasteiger partial charge in [-0.1, -0.05) is 13.8 Å².